The molecular weight excluding hydrogens is 360 g/mol. The second-order valence-electron chi connectivity index (χ2n) is 5.70. The average Bonchev–Trinajstić information content (AvgIpc) is 2.60. The van der Waals surface area contributed by atoms with E-state index in [0.29, 0.717) is 6.42 Å². The smallest absolute Gasteiger partial charge is 0.251 e. The highest BCUT2D eigenvalue weighted by Gasteiger charge is 2.20. The third kappa shape index (κ3) is 4.60. The average molecular weight is 381 g/mol. The molecule has 2 N–H and O–H groups in total. The lowest BCUT2D eigenvalue weighted by atomic mass is 10.0. The molecule has 0 bridgehead atoms. The van der Waals surface area contributed by atoms with Gasteiger partial charge in [0.2, 0.25) is 10.0 Å². The van der Waals surface area contributed by atoms with E-state index in [2.05, 4.69) is 10.0 Å². The predicted octanol–water partition coefficient (Wildman–Crippen LogP) is 3.44. The Morgan fingerprint density at radius 2 is 1.80 bits per heavy atom. The van der Waals surface area contributed by atoms with Crippen LogP contribution in [0.25, 0.3) is 0 Å². The molecule has 134 valence electrons. The SMILES string of the molecule is CC[C@H](NC(=O)c1ccc(Cl)c(S(=O)(=O)NC)c1)c1ccc(C)cc1. The molecule has 5 nitrogen and oxygen atoms in total. The van der Waals surface area contributed by atoms with E-state index in [9.17, 15) is 13.2 Å². The molecule has 0 radical (unpaired) electrons. The summed E-state index contributed by atoms with van der Waals surface area (Å²) in [6.45, 7) is 3.98. The van der Waals surface area contributed by atoms with E-state index in [1.54, 1.807) is 0 Å². The van der Waals surface area contributed by atoms with Crippen molar-refractivity contribution in [2.75, 3.05) is 7.05 Å². The summed E-state index contributed by atoms with van der Waals surface area (Å²) in [6, 6.07) is 12.0. The maximum atomic E-state index is 12.6. The first-order valence-corrected chi connectivity index (χ1v) is 9.75. The molecule has 0 aliphatic rings. The van der Waals surface area contributed by atoms with Crippen LogP contribution in [0.1, 0.15) is 40.9 Å². The van der Waals surface area contributed by atoms with E-state index in [4.69, 9.17) is 11.6 Å². The van der Waals surface area contributed by atoms with Crippen molar-refractivity contribution in [2.24, 2.45) is 0 Å². The van der Waals surface area contributed by atoms with E-state index < -0.39 is 10.0 Å². The quantitative estimate of drug-likeness (QED) is 0.806. The van der Waals surface area contributed by atoms with Crippen LogP contribution in [0.4, 0.5) is 0 Å². The van der Waals surface area contributed by atoms with Gasteiger partial charge in [-0.2, -0.15) is 0 Å². The summed E-state index contributed by atoms with van der Waals surface area (Å²) in [6.07, 6.45) is 0.712. The lowest BCUT2D eigenvalue weighted by molar-refractivity contribution is 0.0935. The highest BCUT2D eigenvalue weighted by molar-refractivity contribution is 7.89. The molecular formula is C18H21ClN2O3S. The zero-order chi connectivity index (χ0) is 18.6. The van der Waals surface area contributed by atoms with Crippen LogP contribution in [0, 0.1) is 6.92 Å². The normalized spacial score (nSPS) is 12.6. The highest BCUT2D eigenvalue weighted by Crippen LogP contribution is 2.23. The zero-order valence-corrected chi connectivity index (χ0v) is 15.9. The molecule has 2 rings (SSSR count). The Bertz CT molecular complexity index is 864. The first-order chi connectivity index (χ1) is 11.8. The van der Waals surface area contributed by atoms with Gasteiger partial charge in [0, 0.05) is 5.56 Å². The van der Waals surface area contributed by atoms with Crippen molar-refractivity contribution in [3.05, 3.63) is 64.2 Å². The number of benzene rings is 2. The van der Waals surface area contributed by atoms with Gasteiger partial charge < -0.3 is 5.32 Å². The fourth-order valence-electron chi connectivity index (χ4n) is 2.42. The number of carbonyl (C=O) groups is 1. The minimum atomic E-state index is -3.74. The Kier molecular flexibility index (Phi) is 6.21. The fraction of sp³-hybridized carbons (Fsp3) is 0.278. The lowest BCUT2D eigenvalue weighted by Crippen LogP contribution is -2.28. The number of hydrogen-bond donors (Lipinski definition) is 2. The molecule has 2 aromatic carbocycles. The summed E-state index contributed by atoms with van der Waals surface area (Å²) in [5, 5.41) is 3.00. The number of sulfonamides is 1. The van der Waals surface area contributed by atoms with Crippen molar-refractivity contribution < 1.29 is 13.2 Å². The van der Waals surface area contributed by atoms with Gasteiger partial charge in [0.25, 0.3) is 5.91 Å². The summed E-state index contributed by atoms with van der Waals surface area (Å²) in [5.41, 5.74) is 2.38. The summed E-state index contributed by atoms with van der Waals surface area (Å²) in [4.78, 5) is 12.4. The van der Waals surface area contributed by atoms with Crippen LogP contribution < -0.4 is 10.0 Å². The van der Waals surface area contributed by atoms with E-state index in [-0.39, 0.29) is 27.4 Å². The fourth-order valence-corrected chi connectivity index (χ4v) is 3.67. The Morgan fingerprint density at radius 3 is 2.36 bits per heavy atom. The maximum Gasteiger partial charge on any atom is 0.251 e. The van der Waals surface area contributed by atoms with E-state index in [1.807, 2.05) is 38.1 Å². The summed E-state index contributed by atoms with van der Waals surface area (Å²) >= 11 is 5.96. The molecule has 0 heterocycles. The van der Waals surface area contributed by atoms with Gasteiger partial charge in [-0.05, 0) is 44.2 Å². The number of nitrogens with one attached hydrogen (secondary N) is 2. The van der Waals surface area contributed by atoms with Crippen LogP contribution in [-0.4, -0.2) is 21.4 Å². The van der Waals surface area contributed by atoms with Crippen molar-refractivity contribution >= 4 is 27.5 Å². The van der Waals surface area contributed by atoms with Crippen molar-refractivity contribution in [3.63, 3.8) is 0 Å². The Labute approximate surface area is 153 Å². The summed E-state index contributed by atoms with van der Waals surface area (Å²) in [5.74, 6) is -0.350. The predicted molar refractivity (Wildman–Crippen MR) is 99.4 cm³/mol. The molecule has 25 heavy (non-hydrogen) atoms. The van der Waals surface area contributed by atoms with Gasteiger partial charge in [-0.15, -0.1) is 0 Å². The van der Waals surface area contributed by atoms with Crippen molar-refractivity contribution in [2.45, 2.75) is 31.2 Å². The van der Waals surface area contributed by atoms with E-state index in [0.717, 1.165) is 11.1 Å². The van der Waals surface area contributed by atoms with Crippen LogP contribution in [0.3, 0.4) is 0 Å². The number of carbonyl (C=O) groups excluding carboxylic acids is 1. The molecule has 7 heteroatoms. The van der Waals surface area contributed by atoms with Crippen molar-refractivity contribution in [1.82, 2.24) is 10.0 Å². The first kappa shape index (κ1) is 19.4. The number of halogens is 1. The zero-order valence-electron chi connectivity index (χ0n) is 14.3. The largest absolute Gasteiger partial charge is 0.345 e. The molecule has 0 fully saturated rings. The van der Waals surface area contributed by atoms with Gasteiger partial charge >= 0.3 is 0 Å². The second kappa shape index (κ2) is 7.99. The van der Waals surface area contributed by atoms with Gasteiger partial charge in [0.1, 0.15) is 4.90 Å². The van der Waals surface area contributed by atoms with Gasteiger partial charge in [-0.1, -0.05) is 48.4 Å². The number of rotatable bonds is 6. The van der Waals surface area contributed by atoms with Crippen LogP contribution >= 0.6 is 11.6 Å². The molecule has 1 atom stereocenters. The first-order valence-electron chi connectivity index (χ1n) is 7.89. The Balaban J connectivity index is 2.28. The molecule has 0 spiro atoms. The molecule has 0 aliphatic carbocycles. The Morgan fingerprint density at radius 1 is 1.16 bits per heavy atom. The van der Waals surface area contributed by atoms with Crippen molar-refractivity contribution in [1.29, 1.82) is 0 Å². The van der Waals surface area contributed by atoms with Gasteiger partial charge in [-0.3, -0.25) is 4.79 Å². The summed E-state index contributed by atoms with van der Waals surface area (Å²) < 4.78 is 26.2. The maximum absolute atomic E-state index is 12.6. The monoisotopic (exact) mass is 380 g/mol. The molecule has 2 aromatic rings. The standard InChI is InChI=1S/C18H21ClN2O3S/c1-4-16(13-7-5-12(2)6-8-13)21-18(22)14-9-10-15(19)17(11-14)25(23,24)20-3/h5-11,16,20H,4H2,1-3H3,(H,21,22)/t16-/m0/s1. The van der Waals surface area contributed by atoms with Crippen LogP contribution in [0.5, 0.6) is 0 Å². The number of hydrogen-bond acceptors (Lipinski definition) is 3. The second-order valence-corrected chi connectivity index (χ2v) is 7.96. The molecule has 0 saturated heterocycles. The van der Waals surface area contributed by atoms with E-state index in [1.165, 1.54) is 25.2 Å². The minimum absolute atomic E-state index is 0.0662. The molecule has 0 aromatic heterocycles. The molecule has 0 unspecified atom stereocenters. The van der Waals surface area contributed by atoms with E-state index >= 15 is 0 Å². The molecule has 0 saturated carbocycles. The molecule has 0 aliphatic heterocycles. The third-order valence-electron chi connectivity index (χ3n) is 3.94. The van der Waals surface area contributed by atoms with Gasteiger partial charge in [-0.25, -0.2) is 13.1 Å². The van der Waals surface area contributed by atoms with Crippen molar-refractivity contribution in [3.8, 4) is 0 Å². The van der Waals surface area contributed by atoms with Crippen LogP contribution in [-0.2, 0) is 10.0 Å². The Hall–Kier alpha value is -1.89. The lowest BCUT2D eigenvalue weighted by Gasteiger charge is -2.18. The van der Waals surface area contributed by atoms with Gasteiger partial charge in [0.05, 0.1) is 11.1 Å². The van der Waals surface area contributed by atoms with Gasteiger partial charge in [0.15, 0.2) is 0 Å². The van der Waals surface area contributed by atoms with Crippen LogP contribution in [0.2, 0.25) is 5.02 Å². The highest BCUT2D eigenvalue weighted by atomic mass is 35.5. The topological polar surface area (TPSA) is 75.3 Å². The third-order valence-corrected chi connectivity index (χ3v) is 5.84. The van der Waals surface area contributed by atoms with Crippen LogP contribution in [0.15, 0.2) is 47.4 Å². The minimum Gasteiger partial charge on any atom is -0.345 e. The summed E-state index contributed by atoms with van der Waals surface area (Å²) in [7, 11) is -2.44. The number of aryl methyl sites for hydroxylation is 1. The number of amides is 1. The molecule has 1 amide bonds.